The SMILES string of the molecule is COCC(NC(=O)c1ccccc1CCN)C(=O)O. The van der Waals surface area contributed by atoms with Gasteiger partial charge in [-0.25, -0.2) is 4.79 Å². The molecule has 0 aromatic heterocycles. The quantitative estimate of drug-likeness (QED) is 0.645. The summed E-state index contributed by atoms with van der Waals surface area (Å²) in [4.78, 5) is 23.0. The summed E-state index contributed by atoms with van der Waals surface area (Å²) in [6.45, 7) is 0.338. The lowest BCUT2D eigenvalue weighted by Gasteiger charge is -2.15. The molecule has 6 nitrogen and oxygen atoms in total. The molecule has 1 atom stereocenters. The first kappa shape index (κ1) is 15.1. The van der Waals surface area contributed by atoms with Crippen LogP contribution in [0, 0.1) is 0 Å². The normalized spacial score (nSPS) is 11.9. The Morgan fingerprint density at radius 3 is 2.68 bits per heavy atom. The lowest BCUT2D eigenvalue weighted by molar-refractivity contribution is -0.140. The minimum Gasteiger partial charge on any atom is -0.480 e. The van der Waals surface area contributed by atoms with Gasteiger partial charge >= 0.3 is 5.97 Å². The van der Waals surface area contributed by atoms with Crippen molar-refractivity contribution >= 4 is 11.9 Å². The van der Waals surface area contributed by atoms with Crippen molar-refractivity contribution in [1.82, 2.24) is 5.32 Å². The molecule has 1 unspecified atom stereocenters. The van der Waals surface area contributed by atoms with Crippen LogP contribution in [0.1, 0.15) is 15.9 Å². The van der Waals surface area contributed by atoms with E-state index in [0.717, 1.165) is 5.56 Å². The molecular formula is C13H18N2O4. The molecule has 0 spiro atoms. The molecule has 0 aliphatic heterocycles. The van der Waals surface area contributed by atoms with Gasteiger partial charge in [-0.05, 0) is 24.6 Å². The van der Waals surface area contributed by atoms with Gasteiger partial charge in [0.1, 0.15) is 0 Å². The molecule has 0 fully saturated rings. The minimum atomic E-state index is -1.13. The number of hydrogen-bond donors (Lipinski definition) is 3. The molecule has 0 saturated carbocycles. The zero-order valence-corrected chi connectivity index (χ0v) is 10.8. The van der Waals surface area contributed by atoms with Crippen molar-refractivity contribution in [3.63, 3.8) is 0 Å². The first-order chi connectivity index (χ1) is 9.10. The fraction of sp³-hybridized carbons (Fsp3) is 0.385. The number of carboxylic acids is 1. The molecule has 1 aromatic carbocycles. The van der Waals surface area contributed by atoms with Gasteiger partial charge in [-0.3, -0.25) is 4.79 Å². The van der Waals surface area contributed by atoms with E-state index >= 15 is 0 Å². The summed E-state index contributed by atoms with van der Waals surface area (Å²) in [6.07, 6.45) is 0.561. The summed E-state index contributed by atoms with van der Waals surface area (Å²) in [5.41, 5.74) is 6.72. The number of aliphatic carboxylic acids is 1. The van der Waals surface area contributed by atoms with Crippen LogP contribution in [0.3, 0.4) is 0 Å². The van der Waals surface area contributed by atoms with Crippen LogP contribution < -0.4 is 11.1 Å². The van der Waals surface area contributed by atoms with Gasteiger partial charge in [-0.2, -0.15) is 0 Å². The van der Waals surface area contributed by atoms with E-state index in [9.17, 15) is 9.59 Å². The van der Waals surface area contributed by atoms with Crippen LogP contribution in [0.2, 0.25) is 0 Å². The topological polar surface area (TPSA) is 102 Å². The van der Waals surface area contributed by atoms with Crippen molar-refractivity contribution in [3.05, 3.63) is 35.4 Å². The molecular weight excluding hydrogens is 248 g/mol. The molecule has 1 rings (SSSR count). The van der Waals surface area contributed by atoms with Crippen LogP contribution in [0.15, 0.2) is 24.3 Å². The van der Waals surface area contributed by atoms with Crippen molar-refractivity contribution in [2.75, 3.05) is 20.3 Å². The molecule has 104 valence electrons. The second-order valence-electron chi connectivity index (χ2n) is 4.02. The number of carboxylic acid groups (broad SMARTS) is 1. The number of nitrogens with one attached hydrogen (secondary N) is 1. The van der Waals surface area contributed by atoms with E-state index in [0.29, 0.717) is 18.5 Å². The summed E-state index contributed by atoms with van der Waals surface area (Å²) >= 11 is 0. The van der Waals surface area contributed by atoms with E-state index in [1.807, 2.05) is 6.07 Å². The van der Waals surface area contributed by atoms with Crippen LogP contribution in [0.25, 0.3) is 0 Å². The Balaban J connectivity index is 2.84. The second-order valence-corrected chi connectivity index (χ2v) is 4.02. The van der Waals surface area contributed by atoms with E-state index in [2.05, 4.69) is 5.32 Å². The van der Waals surface area contributed by atoms with Gasteiger partial charge in [0.15, 0.2) is 6.04 Å². The third-order valence-electron chi connectivity index (χ3n) is 2.61. The van der Waals surface area contributed by atoms with Crippen molar-refractivity contribution in [2.45, 2.75) is 12.5 Å². The molecule has 6 heteroatoms. The summed E-state index contributed by atoms with van der Waals surface area (Å²) in [5.74, 6) is -1.57. The predicted molar refractivity (Wildman–Crippen MR) is 70.0 cm³/mol. The van der Waals surface area contributed by atoms with Crippen LogP contribution in [-0.4, -0.2) is 43.3 Å². The highest BCUT2D eigenvalue weighted by atomic mass is 16.5. The number of hydrogen-bond acceptors (Lipinski definition) is 4. The average Bonchev–Trinajstić information content (AvgIpc) is 2.39. The number of carbonyl (C=O) groups is 2. The van der Waals surface area contributed by atoms with E-state index in [4.69, 9.17) is 15.6 Å². The number of benzene rings is 1. The zero-order valence-electron chi connectivity index (χ0n) is 10.8. The number of nitrogens with two attached hydrogens (primary N) is 1. The third-order valence-corrected chi connectivity index (χ3v) is 2.61. The number of rotatable bonds is 7. The molecule has 19 heavy (non-hydrogen) atoms. The summed E-state index contributed by atoms with van der Waals surface area (Å²) in [5, 5.41) is 11.4. The monoisotopic (exact) mass is 266 g/mol. The number of carbonyl (C=O) groups excluding carboxylic acids is 1. The largest absolute Gasteiger partial charge is 0.480 e. The fourth-order valence-electron chi connectivity index (χ4n) is 1.69. The van der Waals surface area contributed by atoms with Gasteiger partial charge in [-0.1, -0.05) is 18.2 Å². The maximum absolute atomic E-state index is 12.1. The molecule has 0 heterocycles. The molecule has 0 aliphatic rings. The average molecular weight is 266 g/mol. The van der Waals surface area contributed by atoms with E-state index < -0.39 is 17.9 Å². The Hall–Kier alpha value is -1.92. The highest BCUT2D eigenvalue weighted by molar-refractivity contribution is 5.97. The van der Waals surface area contributed by atoms with Crippen molar-refractivity contribution in [1.29, 1.82) is 0 Å². The first-order valence-corrected chi connectivity index (χ1v) is 5.90. The Morgan fingerprint density at radius 2 is 2.11 bits per heavy atom. The third kappa shape index (κ3) is 4.35. The standard InChI is InChI=1S/C13H18N2O4/c1-19-8-11(13(17)18)15-12(16)10-5-3-2-4-9(10)6-7-14/h2-5,11H,6-8,14H2,1H3,(H,15,16)(H,17,18). The van der Waals surface area contributed by atoms with Crippen molar-refractivity contribution in [3.8, 4) is 0 Å². The highest BCUT2D eigenvalue weighted by Gasteiger charge is 2.21. The number of amides is 1. The van der Waals surface area contributed by atoms with Crippen molar-refractivity contribution < 1.29 is 19.4 Å². The first-order valence-electron chi connectivity index (χ1n) is 5.90. The van der Waals surface area contributed by atoms with Crippen LogP contribution in [0.4, 0.5) is 0 Å². The lowest BCUT2D eigenvalue weighted by Crippen LogP contribution is -2.44. The number of methoxy groups -OCH3 is 1. The fourth-order valence-corrected chi connectivity index (χ4v) is 1.69. The Bertz CT molecular complexity index is 448. The molecule has 0 saturated heterocycles. The predicted octanol–water partition coefficient (Wildman–Crippen LogP) is 0.0172. The maximum atomic E-state index is 12.1. The summed E-state index contributed by atoms with van der Waals surface area (Å²) in [6, 6.07) is 5.91. The van der Waals surface area contributed by atoms with Gasteiger partial charge in [0.05, 0.1) is 6.61 Å². The molecule has 0 bridgehead atoms. The van der Waals surface area contributed by atoms with E-state index in [-0.39, 0.29) is 6.61 Å². The molecule has 0 radical (unpaired) electrons. The van der Waals surface area contributed by atoms with Gasteiger partial charge < -0.3 is 20.9 Å². The second kappa shape index (κ2) is 7.50. The van der Waals surface area contributed by atoms with Crippen molar-refractivity contribution in [2.24, 2.45) is 5.73 Å². The van der Waals surface area contributed by atoms with E-state index in [1.54, 1.807) is 18.2 Å². The smallest absolute Gasteiger partial charge is 0.328 e. The Kier molecular flexibility index (Phi) is 5.98. The molecule has 0 aliphatic carbocycles. The Labute approximate surface area is 111 Å². The maximum Gasteiger partial charge on any atom is 0.328 e. The van der Waals surface area contributed by atoms with Crippen LogP contribution in [-0.2, 0) is 16.0 Å². The summed E-state index contributed by atoms with van der Waals surface area (Å²) in [7, 11) is 1.38. The van der Waals surface area contributed by atoms with Gasteiger partial charge in [0.2, 0.25) is 0 Å². The van der Waals surface area contributed by atoms with Crippen LogP contribution >= 0.6 is 0 Å². The molecule has 1 amide bonds. The number of ether oxygens (including phenoxy) is 1. The summed E-state index contributed by atoms with van der Waals surface area (Å²) < 4.78 is 4.76. The van der Waals surface area contributed by atoms with Gasteiger partial charge in [-0.15, -0.1) is 0 Å². The lowest BCUT2D eigenvalue weighted by atomic mass is 10.0. The molecule has 4 N–H and O–H groups in total. The van der Waals surface area contributed by atoms with E-state index in [1.165, 1.54) is 7.11 Å². The highest BCUT2D eigenvalue weighted by Crippen LogP contribution is 2.09. The van der Waals surface area contributed by atoms with Gasteiger partial charge in [0, 0.05) is 12.7 Å². The minimum absolute atomic E-state index is 0.0832. The molecule has 1 aromatic rings. The van der Waals surface area contributed by atoms with Gasteiger partial charge in [0.25, 0.3) is 5.91 Å². The zero-order chi connectivity index (χ0) is 14.3. The Morgan fingerprint density at radius 1 is 1.42 bits per heavy atom. The van der Waals surface area contributed by atoms with Crippen LogP contribution in [0.5, 0.6) is 0 Å².